The molecule has 0 aliphatic heterocycles. The number of hydrogen-bond donors (Lipinski definition) is 1. The van der Waals surface area contributed by atoms with Crippen LogP contribution < -0.4 is 10.3 Å². The van der Waals surface area contributed by atoms with E-state index in [1.165, 1.54) is 16.8 Å². The smallest absolute Gasteiger partial charge is 0.339 e. The number of aromatic nitrogens is 2. The van der Waals surface area contributed by atoms with Crippen molar-refractivity contribution >= 4 is 5.97 Å². The first kappa shape index (κ1) is 14.8. The summed E-state index contributed by atoms with van der Waals surface area (Å²) in [7, 11) is 0. The van der Waals surface area contributed by atoms with E-state index in [0.717, 1.165) is 12.0 Å². The molecule has 2 rings (SSSR count). The van der Waals surface area contributed by atoms with Gasteiger partial charge in [0.15, 0.2) is 0 Å². The Kier molecular flexibility index (Phi) is 4.37. The van der Waals surface area contributed by atoms with Crippen LogP contribution in [0.3, 0.4) is 0 Å². The highest BCUT2D eigenvalue weighted by Crippen LogP contribution is 2.23. The number of carbonyl (C=O) groups is 1. The molecule has 0 fully saturated rings. The highest BCUT2D eigenvalue weighted by Gasteiger charge is 2.15. The van der Waals surface area contributed by atoms with Gasteiger partial charge in [-0.2, -0.15) is 0 Å². The molecule has 0 spiro atoms. The van der Waals surface area contributed by atoms with Gasteiger partial charge in [-0.1, -0.05) is 13.0 Å². The Morgan fingerprint density at radius 3 is 2.86 bits per heavy atom. The lowest BCUT2D eigenvalue weighted by molar-refractivity contribution is 0.0694. The van der Waals surface area contributed by atoms with Crippen LogP contribution in [0.2, 0.25) is 0 Å². The third-order valence-corrected chi connectivity index (χ3v) is 2.92. The van der Waals surface area contributed by atoms with Gasteiger partial charge in [0.2, 0.25) is 0 Å². The molecular weight excluding hydrogens is 272 g/mol. The molecule has 0 saturated heterocycles. The van der Waals surface area contributed by atoms with E-state index >= 15 is 0 Å². The third kappa shape index (κ3) is 3.28. The van der Waals surface area contributed by atoms with Crippen molar-refractivity contribution in [2.75, 3.05) is 0 Å². The summed E-state index contributed by atoms with van der Waals surface area (Å²) in [5.41, 5.74) is 0.449. The first-order valence-corrected chi connectivity index (χ1v) is 6.60. The SMILES string of the molecule is CCCn1ccnc(Oc2cc(C)ccc2C(=O)O)c1=O. The fraction of sp³-hybridized carbons (Fsp3) is 0.267. The minimum Gasteiger partial charge on any atom is -0.478 e. The van der Waals surface area contributed by atoms with Crippen molar-refractivity contribution < 1.29 is 14.6 Å². The zero-order valence-electron chi connectivity index (χ0n) is 11.9. The summed E-state index contributed by atoms with van der Waals surface area (Å²) in [5, 5.41) is 9.16. The van der Waals surface area contributed by atoms with Crippen LogP contribution in [-0.4, -0.2) is 20.6 Å². The topological polar surface area (TPSA) is 81.4 Å². The van der Waals surface area contributed by atoms with Gasteiger partial charge in [0.05, 0.1) is 0 Å². The molecule has 21 heavy (non-hydrogen) atoms. The van der Waals surface area contributed by atoms with Crippen molar-refractivity contribution in [2.24, 2.45) is 0 Å². The molecule has 6 heteroatoms. The van der Waals surface area contributed by atoms with E-state index in [2.05, 4.69) is 4.98 Å². The Bertz CT molecular complexity index is 722. The van der Waals surface area contributed by atoms with E-state index in [1.807, 2.05) is 13.8 Å². The molecule has 0 unspecified atom stereocenters. The standard InChI is InChI=1S/C15H16N2O4/c1-3-7-17-8-6-16-13(14(17)18)21-12-9-10(2)4-5-11(12)15(19)20/h4-6,8-9H,3,7H2,1-2H3,(H,19,20). The van der Waals surface area contributed by atoms with Crippen LogP contribution in [0.15, 0.2) is 35.4 Å². The van der Waals surface area contributed by atoms with E-state index in [1.54, 1.807) is 18.3 Å². The number of aromatic carboxylic acids is 1. The number of ether oxygens (including phenoxy) is 1. The van der Waals surface area contributed by atoms with Crippen molar-refractivity contribution in [3.05, 3.63) is 52.1 Å². The van der Waals surface area contributed by atoms with Gasteiger partial charge in [0.1, 0.15) is 11.3 Å². The van der Waals surface area contributed by atoms with Crippen LogP contribution in [0, 0.1) is 6.92 Å². The zero-order valence-corrected chi connectivity index (χ0v) is 11.9. The number of carboxylic acids is 1. The van der Waals surface area contributed by atoms with Gasteiger partial charge in [0, 0.05) is 18.9 Å². The van der Waals surface area contributed by atoms with E-state index in [-0.39, 0.29) is 22.8 Å². The van der Waals surface area contributed by atoms with Crippen LogP contribution in [0.25, 0.3) is 0 Å². The number of nitrogens with zero attached hydrogens (tertiary/aromatic N) is 2. The van der Waals surface area contributed by atoms with E-state index in [0.29, 0.717) is 6.54 Å². The number of hydrogen-bond acceptors (Lipinski definition) is 4. The van der Waals surface area contributed by atoms with Crippen molar-refractivity contribution in [2.45, 2.75) is 26.8 Å². The second kappa shape index (κ2) is 6.21. The molecule has 0 aliphatic rings. The van der Waals surface area contributed by atoms with Crippen molar-refractivity contribution in [3.63, 3.8) is 0 Å². The Labute approximate surface area is 121 Å². The highest BCUT2D eigenvalue weighted by atomic mass is 16.5. The quantitative estimate of drug-likeness (QED) is 0.914. The molecule has 0 aliphatic carbocycles. The van der Waals surface area contributed by atoms with Crippen LogP contribution >= 0.6 is 0 Å². The minimum absolute atomic E-state index is 0.00676. The van der Waals surface area contributed by atoms with Crippen molar-refractivity contribution in [3.8, 4) is 11.6 Å². The average molecular weight is 288 g/mol. The number of benzene rings is 1. The summed E-state index contributed by atoms with van der Waals surface area (Å²) in [5.74, 6) is -1.13. The lowest BCUT2D eigenvalue weighted by atomic mass is 10.1. The summed E-state index contributed by atoms with van der Waals surface area (Å²) in [6, 6.07) is 4.69. The molecule has 0 amide bonds. The Hall–Kier alpha value is -2.63. The summed E-state index contributed by atoms with van der Waals surface area (Å²) in [6.45, 7) is 4.32. The Balaban J connectivity index is 2.43. The molecule has 110 valence electrons. The summed E-state index contributed by atoms with van der Waals surface area (Å²) >= 11 is 0. The fourth-order valence-electron chi connectivity index (χ4n) is 1.91. The molecule has 0 saturated carbocycles. The molecular formula is C15H16N2O4. The van der Waals surface area contributed by atoms with E-state index in [9.17, 15) is 9.59 Å². The maximum absolute atomic E-state index is 12.2. The number of rotatable bonds is 5. The van der Waals surface area contributed by atoms with Gasteiger partial charge in [-0.3, -0.25) is 4.79 Å². The molecule has 1 aromatic heterocycles. The van der Waals surface area contributed by atoms with Gasteiger partial charge in [-0.05, 0) is 31.0 Å². The van der Waals surface area contributed by atoms with Gasteiger partial charge in [0.25, 0.3) is 5.88 Å². The molecule has 6 nitrogen and oxygen atoms in total. The lowest BCUT2D eigenvalue weighted by Gasteiger charge is -2.10. The minimum atomic E-state index is -1.12. The fourth-order valence-corrected chi connectivity index (χ4v) is 1.91. The average Bonchev–Trinajstić information content (AvgIpc) is 2.43. The van der Waals surface area contributed by atoms with Crippen LogP contribution in [-0.2, 0) is 6.54 Å². The Morgan fingerprint density at radius 1 is 1.43 bits per heavy atom. The third-order valence-electron chi connectivity index (χ3n) is 2.92. The summed E-state index contributed by atoms with van der Waals surface area (Å²) in [6.07, 6.45) is 3.84. The first-order valence-electron chi connectivity index (χ1n) is 6.60. The summed E-state index contributed by atoms with van der Waals surface area (Å²) in [4.78, 5) is 27.2. The van der Waals surface area contributed by atoms with Gasteiger partial charge >= 0.3 is 11.5 Å². The molecule has 0 atom stereocenters. The molecule has 0 bridgehead atoms. The van der Waals surface area contributed by atoms with Crippen molar-refractivity contribution in [1.82, 2.24) is 9.55 Å². The monoisotopic (exact) mass is 288 g/mol. The zero-order chi connectivity index (χ0) is 15.4. The molecule has 1 aromatic carbocycles. The molecule has 0 radical (unpaired) electrons. The highest BCUT2D eigenvalue weighted by molar-refractivity contribution is 5.91. The number of aryl methyl sites for hydroxylation is 2. The molecule has 1 heterocycles. The summed E-state index contributed by atoms with van der Waals surface area (Å²) < 4.78 is 6.93. The maximum Gasteiger partial charge on any atom is 0.339 e. The van der Waals surface area contributed by atoms with E-state index in [4.69, 9.17) is 9.84 Å². The van der Waals surface area contributed by atoms with Crippen molar-refractivity contribution in [1.29, 1.82) is 0 Å². The molecule has 2 aromatic rings. The maximum atomic E-state index is 12.2. The van der Waals surface area contributed by atoms with Crippen LogP contribution in [0.4, 0.5) is 0 Å². The van der Waals surface area contributed by atoms with Gasteiger partial charge in [-0.25, -0.2) is 9.78 Å². The lowest BCUT2D eigenvalue weighted by Crippen LogP contribution is -2.21. The normalized spacial score (nSPS) is 10.4. The van der Waals surface area contributed by atoms with Gasteiger partial charge < -0.3 is 14.4 Å². The Morgan fingerprint density at radius 2 is 2.19 bits per heavy atom. The second-order valence-corrected chi connectivity index (χ2v) is 4.64. The van der Waals surface area contributed by atoms with Crippen LogP contribution in [0.5, 0.6) is 11.6 Å². The predicted octanol–water partition coefficient (Wildman–Crippen LogP) is 2.45. The second-order valence-electron chi connectivity index (χ2n) is 4.64. The number of carboxylic acid groups (broad SMARTS) is 1. The van der Waals surface area contributed by atoms with Gasteiger partial charge in [-0.15, -0.1) is 0 Å². The van der Waals surface area contributed by atoms with E-state index < -0.39 is 5.97 Å². The van der Waals surface area contributed by atoms with Crippen LogP contribution in [0.1, 0.15) is 29.3 Å². The predicted molar refractivity (Wildman–Crippen MR) is 77.0 cm³/mol. The first-order chi connectivity index (χ1) is 10.0. The largest absolute Gasteiger partial charge is 0.478 e. The molecule has 1 N–H and O–H groups in total.